The highest BCUT2D eigenvalue weighted by Gasteiger charge is 2.11. The number of likely N-dealkylation sites (tertiary alicyclic amines) is 1. The van der Waals surface area contributed by atoms with Crippen molar-refractivity contribution in [3.8, 4) is 0 Å². The minimum atomic E-state index is -0.164. The van der Waals surface area contributed by atoms with E-state index in [0.717, 1.165) is 17.8 Å². The number of amides is 1. The van der Waals surface area contributed by atoms with Crippen molar-refractivity contribution in [2.24, 2.45) is 0 Å². The molecular formula is C22H23ClN4O. The number of benzene rings is 1. The van der Waals surface area contributed by atoms with Crippen LogP contribution in [0.3, 0.4) is 0 Å². The molecule has 1 aliphatic rings. The van der Waals surface area contributed by atoms with Gasteiger partial charge in [0.25, 0.3) is 0 Å². The molecule has 5 nitrogen and oxygen atoms in total. The maximum absolute atomic E-state index is 12.2. The highest BCUT2D eigenvalue weighted by atomic mass is 35.5. The van der Waals surface area contributed by atoms with E-state index in [1.54, 1.807) is 6.08 Å². The van der Waals surface area contributed by atoms with Gasteiger partial charge in [-0.25, -0.2) is 4.98 Å². The Morgan fingerprint density at radius 1 is 1.11 bits per heavy atom. The third-order valence-electron chi connectivity index (χ3n) is 5.01. The van der Waals surface area contributed by atoms with Crippen LogP contribution in [-0.4, -0.2) is 33.3 Å². The predicted octanol–water partition coefficient (Wildman–Crippen LogP) is 3.91. The second-order valence-corrected chi connectivity index (χ2v) is 7.43. The predicted molar refractivity (Wildman–Crippen MR) is 112 cm³/mol. The molecule has 0 saturated carbocycles. The van der Waals surface area contributed by atoms with Crippen molar-refractivity contribution in [3.63, 3.8) is 0 Å². The average Bonchev–Trinajstić information content (AvgIpc) is 3.33. The van der Waals surface area contributed by atoms with Crippen LogP contribution in [0.1, 0.15) is 29.7 Å². The fourth-order valence-corrected chi connectivity index (χ4v) is 3.74. The zero-order valence-corrected chi connectivity index (χ0v) is 16.4. The lowest BCUT2D eigenvalue weighted by Gasteiger charge is -2.14. The lowest BCUT2D eigenvalue weighted by Crippen LogP contribution is -2.20. The fourth-order valence-electron chi connectivity index (χ4n) is 3.50. The molecule has 0 bridgehead atoms. The van der Waals surface area contributed by atoms with Crippen molar-refractivity contribution in [2.75, 3.05) is 13.1 Å². The van der Waals surface area contributed by atoms with Crippen molar-refractivity contribution < 1.29 is 4.79 Å². The molecule has 1 fully saturated rings. The minimum Gasteiger partial charge on any atom is -0.348 e. The van der Waals surface area contributed by atoms with Crippen LogP contribution < -0.4 is 5.32 Å². The Morgan fingerprint density at radius 2 is 1.86 bits per heavy atom. The van der Waals surface area contributed by atoms with Crippen LogP contribution in [0, 0.1) is 0 Å². The van der Waals surface area contributed by atoms with E-state index in [1.807, 2.05) is 28.8 Å². The first-order valence-corrected chi connectivity index (χ1v) is 9.95. The first-order valence-electron chi connectivity index (χ1n) is 9.58. The summed E-state index contributed by atoms with van der Waals surface area (Å²) in [6.45, 7) is 3.89. The number of hydrogen-bond acceptors (Lipinski definition) is 3. The highest BCUT2D eigenvalue weighted by molar-refractivity contribution is 6.31. The van der Waals surface area contributed by atoms with Crippen LogP contribution in [-0.2, 0) is 17.9 Å². The summed E-state index contributed by atoms with van der Waals surface area (Å²) in [4.78, 5) is 18.9. The molecule has 4 rings (SSSR count). The van der Waals surface area contributed by atoms with Gasteiger partial charge < -0.3 is 5.32 Å². The molecule has 1 saturated heterocycles. The molecule has 0 unspecified atom stereocenters. The van der Waals surface area contributed by atoms with Crippen molar-refractivity contribution in [2.45, 2.75) is 25.9 Å². The largest absolute Gasteiger partial charge is 0.348 e. The number of halogens is 1. The van der Waals surface area contributed by atoms with Gasteiger partial charge in [-0.15, -0.1) is 0 Å². The molecule has 1 amide bonds. The van der Waals surface area contributed by atoms with E-state index in [0.29, 0.717) is 17.4 Å². The minimum absolute atomic E-state index is 0.164. The van der Waals surface area contributed by atoms with Crippen LogP contribution in [0.4, 0.5) is 0 Å². The summed E-state index contributed by atoms with van der Waals surface area (Å²) in [5.41, 5.74) is 3.85. The standard InChI is InChI=1S/C22H23ClN4O/c23-22-19(27-14-2-1-5-20(27)25-22)10-11-21(28)24-15-17-6-8-18(9-7-17)16-26-12-3-4-13-26/h1-2,5-11,14H,3-4,12-13,15-16H2,(H,24,28)/b11-10+. The van der Waals surface area contributed by atoms with E-state index in [2.05, 4.69) is 39.5 Å². The van der Waals surface area contributed by atoms with E-state index in [-0.39, 0.29) is 5.91 Å². The first kappa shape index (κ1) is 18.7. The van der Waals surface area contributed by atoms with Crippen molar-refractivity contribution in [1.82, 2.24) is 19.6 Å². The number of fused-ring (bicyclic) bond motifs is 1. The van der Waals surface area contributed by atoms with E-state index in [4.69, 9.17) is 11.6 Å². The van der Waals surface area contributed by atoms with Gasteiger partial charge in [0, 0.05) is 25.4 Å². The van der Waals surface area contributed by atoms with Crippen molar-refractivity contribution >= 4 is 29.2 Å². The van der Waals surface area contributed by atoms with Gasteiger partial charge in [0.15, 0.2) is 5.15 Å². The molecule has 2 aromatic heterocycles. The zero-order chi connectivity index (χ0) is 19.3. The average molecular weight is 395 g/mol. The molecule has 0 spiro atoms. The van der Waals surface area contributed by atoms with Crippen molar-refractivity contribution in [3.05, 3.63) is 76.7 Å². The lowest BCUT2D eigenvalue weighted by molar-refractivity contribution is -0.116. The third-order valence-corrected chi connectivity index (χ3v) is 5.29. The summed E-state index contributed by atoms with van der Waals surface area (Å²) in [6, 6.07) is 14.1. The van der Waals surface area contributed by atoms with Gasteiger partial charge in [-0.05, 0) is 55.3 Å². The highest BCUT2D eigenvalue weighted by Crippen LogP contribution is 2.19. The number of rotatable bonds is 6. The smallest absolute Gasteiger partial charge is 0.244 e. The summed E-state index contributed by atoms with van der Waals surface area (Å²) in [7, 11) is 0. The molecule has 1 aromatic carbocycles. The maximum atomic E-state index is 12.2. The Kier molecular flexibility index (Phi) is 5.74. The third kappa shape index (κ3) is 4.43. The number of aromatic nitrogens is 2. The molecule has 1 N–H and O–H groups in total. The quantitative estimate of drug-likeness (QED) is 0.645. The normalized spacial score (nSPS) is 14.9. The Hall–Kier alpha value is -2.63. The number of carbonyl (C=O) groups is 1. The van der Waals surface area contributed by atoms with Crippen LogP contribution in [0.15, 0.2) is 54.7 Å². The number of pyridine rings is 1. The molecule has 0 radical (unpaired) electrons. The summed E-state index contributed by atoms with van der Waals surface area (Å²) < 4.78 is 1.85. The molecule has 3 heterocycles. The van der Waals surface area contributed by atoms with Crippen LogP contribution in [0.25, 0.3) is 11.7 Å². The van der Waals surface area contributed by atoms with Gasteiger partial charge in [-0.1, -0.05) is 41.9 Å². The number of nitrogens with zero attached hydrogens (tertiary/aromatic N) is 3. The lowest BCUT2D eigenvalue weighted by atomic mass is 10.1. The molecule has 0 atom stereocenters. The fraction of sp³-hybridized carbons (Fsp3) is 0.273. The second kappa shape index (κ2) is 8.59. The summed E-state index contributed by atoms with van der Waals surface area (Å²) in [5, 5.41) is 3.29. The Balaban J connectivity index is 1.32. The molecule has 3 aromatic rings. The summed E-state index contributed by atoms with van der Waals surface area (Å²) >= 11 is 6.18. The summed E-state index contributed by atoms with van der Waals surface area (Å²) in [6.07, 6.45) is 7.66. The number of nitrogens with one attached hydrogen (secondary N) is 1. The molecule has 0 aliphatic carbocycles. The molecule has 1 aliphatic heterocycles. The van der Waals surface area contributed by atoms with Crippen LogP contribution >= 0.6 is 11.6 Å². The first-order chi connectivity index (χ1) is 13.7. The molecule has 6 heteroatoms. The van der Waals surface area contributed by atoms with Crippen LogP contribution in [0.5, 0.6) is 0 Å². The topological polar surface area (TPSA) is 49.6 Å². The number of hydrogen-bond donors (Lipinski definition) is 1. The van der Waals surface area contributed by atoms with Crippen LogP contribution in [0.2, 0.25) is 5.15 Å². The molecular weight excluding hydrogens is 372 g/mol. The number of carbonyl (C=O) groups excluding carboxylic acids is 1. The Morgan fingerprint density at radius 3 is 2.64 bits per heavy atom. The zero-order valence-electron chi connectivity index (χ0n) is 15.6. The molecule has 144 valence electrons. The monoisotopic (exact) mass is 394 g/mol. The van der Waals surface area contributed by atoms with Gasteiger partial charge in [0.2, 0.25) is 5.91 Å². The SMILES string of the molecule is O=C(/C=C/c1c(Cl)nc2ccccn12)NCc1ccc(CN2CCCC2)cc1. The van der Waals surface area contributed by atoms with Gasteiger partial charge in [0.1, 0.15) is 5.65 Å². The van der Waals surface area contributed by atoms with E-state index >= 15 is 0 Å². The van der Waals surface area contributed by atoms with Crippen molar-refractivity contribution in [1.29, 1.82) is 0 Å². The number of imidazole rings is 1. The summed E-state index contributed by atoms with van der Waals surface area (Å²) in [5.74, 6) is -0.164. The van der Waals surface area contributed by atoms with Gasteiger partial charge in [-0.3, -0.25) is 14.1 Å². The van der Waals surface area contributed by atoms with E-state index < -0.39 is 0 Å². The van der Waals surface area contributed by atoms with E-state index in [9.17, 15) is 4.79 Å². The van der Waals surface area contributed by atoms with Gasteiger partial charge in [-0.2, -0.15) is 0 Å². The van der Waals surface area contributed by atoms with E-state index in [1.165, 1.54) is 37.6 Å². The molecule has 28 heavy (non-hydrogen) atoms. The van der Waals surface area contributed by atoms with Gasteiger partial charge in [0.05, 0.1) is 5.69 Å². The van der Waals surface area contributed by atoms with Gasteiger partial charge >= 0.3 is 0 Å². The Labute approximate surface area is 169 Å². The second-order valence-electron chi connectivity index (χ2n) is 7.07. The maximum Gasteiger partial charge on any atom is 0.244 e. The Bertz CT molecular complexity index is 987.